The molecule has 0 aromatic carbocycles. The topological polar surface area (TPSA) is 18.5 Å². The lowest BCUT2D eigenvalue weighted by Gasteiger charge is -2.41. The lowest BCUT2D eigenvalue weighted by atomic mass is 9.70. The molecular formula is C22H30F10O2. The Bertz CT molecular complexity index is 652. The monoisotopic (exact) mass is 516 g/mol. The quantitative estimate of drug-likeness (QED) is 0.323. The molecule has 3 aliphatic carbocycles. The molecule has 7 unspecified atom stereocenters. The second-order valence-electron chi connectivity index (χ2n) is 9.85. The number of hydrogen-bond donors (Lipinski definition) is 0. The fourth-order valence-corrected chi connectivity index (χ4v) is 5.61. The van der Waals surface area contributed by atoms with Crippen molar-refractivity contribution in [2.75, 3.05) is 0 Å². The summed E-state index contributed by atoms with van der Waals surface area (Å²) < 4.78 is 143. The van der Waals surface area contributed by atoms with Gasteiger partial charge in [-0.25, -0.2) is 13.2 Å². The highest BCUT2D eigenvalue weighted by Crippen LogP contribution is 2.47. The lowest BCUT2D eigenvalue weighted by molar-refractivity contribution is -0.359. The van der Waals surface area contributed by atoms with Crippen LogP contribution in [0.5, 0.6) is 0 Å². The Morgan fingerprint density at radius 2 is 1.29 bits per heavy atom. The summed E-state index contributed by atoms with van der Waals surface area (Å²) >= 11 is 0. The van der Waals surface area contributed by atoms with Gasteiger partial charge in [0, 0.05) is 6.42 Å². The van der Waals surface area contributed by atoms with Crippen LogP contribution < -0.4 is 0 Å². The van der Waals surface area contributed by atoms with Crippen molar-refractivity contribution >= 4 is 0 Å². The summed E-state index contributed by atoms with van der Waals surface area (Å²) in [7, 11) is 0. The van der Waals surface area contributed by atoms with Crippen molar-refractivity contribution in [3.05, 3.63) is 0 Å². The van der Waals surface area contributed by atoms with E-state index in [1.807, 2.05) is 0 Å². The minimum Gasteiger partial charge on any atom is -0.317 e. The molecule has 0 aromatic rings. The van der Waals surface area contributed by atoms with Gasteiger partial charge >= 0.3 is 18.4 Å². The zero-order chi connectivity index (χ0) is 25.3. The largest absolute Gasteiger partial charge is 0.428 e. The molecule has 0 bridgehead atoms. The van der Waals surface area contributed by atoms with Gasteiger partial charge in [-0.1, -0.05) is 32.1 Å². The molecule has 0 amide bonds. The summed E-state index contributed by atoms with van der Waals surface area (Å²) in [5, 5.41) is 0. The molecular weight excluding hydrogens is 486 g/mol. The van der Waals surface area contributed by atoms with Gasteiger partial charge in [-0.15, -0.1) is 0 Å². The van der Waals surface area contributed by atoms with E-state index >= 15 is 0 Å². The number of hydrogen-bond acceptors (Lipinski definition) is 2. The van der Waals surface area contributed by atoms with E-state index in [-0.39, 0.29) is 18.8 Å². The third kappa shape index (κ3) is 6.70. The molecule has 0 spiro atoms. The predicted molar refractivity (Wildman–Crippen MR) is 102 cm³/mol. The van der Waals surface area contributed by atoms with E-state index in [1.54, 1.807) is 0 Å². The van der Waals surface area contributed by atoms with Gasteiger partial charge in [-0.3, -0.25) is 0 Å². The van der Waals surface area contributed by atoms with Crippen molar-refractivity contribution in [2.45, 2.75) is 120 Å². The minimum absolute atomic E-state index is 0.000709. The summed E-state index contributed by atoms with van der Waals surface area (Å²) in [6, 6.07) is 0. The summed E-state index contributed by atoms with van der Waals surface area (Å²) in [4.78, 5) is 0. The van der Waals surface area contributed by atoms with Gasteiger partial charge in [0.05, 0.1) is 18.1 Å². The summed E-state index contributed by atoms with van der Waals surface area (Å²) in [6.07, 6.45) is -24.1. The Hall–Kier alpha value is -0.780. The van der Waals surface area contributed by atoms with Crippen molar-refractivity contribution in [1.29, 1.82) is 0 Å². The molecule has 34 heavy (non-hydrogen) atoms. The first-order chi connectivity index (χ1) is 15.7. The normalized spacial score (nSPS) is 35.8. The van der Waals surface area contributed by atoms with E-state index < -0.39 is 74.3 Å². The Morgan fingerprint density at radius 3 is 1.85 bits per heavy atom. The molecule has 0 N–H and O–H groups in total. The zero-order valence-corrected chi connectivity index (χ0v) is 18.5. The van der Waals surface area contributed by atoms with Gasteiger partial charge < -0.3 is 9.47 Å². The Balaban J connectivity index is 1.51. The molecule has 7 atom stereocenters. The van der Waals surface area contributed by atoms with E-state index in [0.29, 0.717) is 12.3 Å². The molecule has 0 radical (unpaired) electrons. The predicted octanol–water partition coefficient (Wildman–Crippen LogP) is 7.70. The number of rotatable bonds is 7. The average Bonchev–Trinajstić information content (AvgIpc) is 2.74. The van der Waals surface area contributed by atoms with Crippen LogP contribution in [0.3, 0.4) is 0 Å². The van der Waals surface area contributed by atoms with Crippen LogP contribution in [0.15, 0.2) is 0 Å². The Labute approximate surface area is 191 Å². The standard InChI is InChI=1S/C22H30F10O2/c23-16-10-13(12-4-2-1-3-5-12)6-8-15(16)21(29,30)33-14-7-9-18(17(24)11-14)34-22(31,32)19(25)20(26,27)28/h12-19H,1-11H2. The second-order valence-corrected chi connectivity index (χ2v) is 9.85. The molecule has 3 rings (SSSR count). The van der Waals surface area contributed by atoms with E-state index in [4.69, 9.17) is 4.74 Å². The maximum atomic E-state index is 14.7. The van der Waals surface area contributed by atoms with Gasteiger partial charge in [0.1, 0.15) is 12.3 Å². The van der Waals surface area contributed by atoms with Gasteiger partial charge in [-0.2, -0.15) is 30.7 Å². The molecule has 0 aromatic heterocycles. The number of ether oxygens (including phenoxy) is 2. The second kappa shape index (κ2) is 10.7. The van der Waals surface area contributed by atoms with Gasteiger partial charge in [-0.05, 0) is 43.9 Å². The van der Waals surface area contributed by atoms with E-state index in [2.05, 4.69) is 4.74 Å². The van der Waals surface area contributed by atoms with Crippen LogP contribution in [0.2, 0.25) is 0 Å². The smallest absolute Gasteiger partial charge is 0.317 e. The van der Waals surface area contributed by atoms with Crippen molar-refractivity contribution in [3.8, 4) is 0 Å². The van der Waals surface area contributed by atoms with E-state index in [9.17, 15) is 43.9 Å². The first kappa shape index (κ1) is 27.8. The van der Waals surface area contributed by atoms with Crippen LogP contribution in [-0.4, -0.2) is 49.1 Å². The zero-order valence-electron chi connectivity index (χ0n) is 18.5. The minimum atomic E-state index is -5.92. The third-order valence-electron chi connectivity index (χ3n) is 7.44. The molecule has 200 valence electrons. The highest BCUT2D eigenvalue weighted by molar-refractivity contribution is 4.90. The van der Waals surface area contributed by atoms with Gasteiger partial charge in [0.25, 0.3) is 6.17 Å². The van der Waals surface area contributed by atoms with Crippen LogP contribution in [0.4, 0.5) is 43.9 Å². The third-order valence-corrected chi connectivity index (χ3v) is 7.44. The number of halogens is 10. The first-order valence-electron chi connectivity index (χ1n) is 11.8. The molecule has 2 nitrogen and oxygen atoms in total. The molecule has 3 aliphatic rings. The van der Waals surface area contributed by atoms with Crippen molar-refractivity contribution in [2.24, 2.45) is 17.8 Å². The molecule has 0 heterocycles. The van der Waals surface area contributed by atoms with Crippen LogP contribution in [0, 0.1) is 17.8 Å². The SMILES string of the molecule is FC1CC(OC(F)(F)C2CCC(C3CCCCC3)CC2F)CCC1OC(F)(F)C(F)C(F)(F)F. The highest BCUT2D eigenvalue weighted by Gasteiger charge is 2.60. The van der Waals surface area contributed by atoms with Gasteiger partial charge in [0.2, 0.25) is 0 Å². The lowest BCUT2D eigenvalue weighted by Crippen LogP contribution is -2.50. The van der Waals surface area contributed by atoms with Crippen LogP contribution in [-0.2, 0) is 9.47 Å². The van der Waals surface area contributed by atoms with E-state index in [0.717, 1.165) is 32.1 Å². The number of alkyl halides is 10. The summed E-state index contributed by atoms with van der Waals surface area (Å²) in [5.41, 5.74) is 0. The van der Waals surface area contributed by atoms with Crippen molar-refractivity contribution < 1.29 is 53.4 Å². The van der Waals surface area contributed by atoms with Crippen LogP contribution in [0.1, 0.15) is 70.6 Å². The van der Waals surface area contributed by atoms with Crippen LogP contribution >= 0.6 is 0 Å². The van der Waals surface area contributed by atoms with Crippen molar-refractivity contribution in [3.63, 3.8) is 0 Å². The Morgan fingerprint density at radius 1 is 0.647 bits per heavy atom. The summed E-state index contributed by atoms with van der Waals surface area (Å²) in [6.45, 7) is 0. The fourth-order valence-electron chi connectivity index (χ4n) is 5.61. The van der Waals surface area contributed by atoms with Crippen molar-refractivity contribution in [1.82, 2.24) is 0 Å². The summed E-state index contributed by atoms with van der Waals surface area (Å²) in [5.74, 6) is -1.37. The van der Waals surface area contributed by atoms with E-state index in [1.165, 1.54) is 0 Å². The Kier molecular flexibility index (Phi) is 8.74. The highest BCUT2D eigenvalue weighted by atomic mass is 19.4. The average molecular weight is 516 g/mol. The molecule has 3 saturated carbocycles. The fraction of sp³-hybridized carbons (Fsp3) is 1.00. The maximum absolute atomic E-state index is 14.7. The van der Waals surface area contributed by atoms with Gasteiger partial charge in [0.15, 0.2) is 0 Å². The molecule has 12 heteroatoms. The molecule has 3 fully saturated rings. The first-order valence-corrected chi connectivity index (χ1v) is 11.8. The molecule has 0 aliphatic heterocycles. The molecule has 0 saturated heterocycles. The maximum Gasteiger partial charge on any atom is 0.428 e. The van der Waals surface area contributed by atoms with Crippen LogP contribution in [0.25, 0.3) is 0 Å².